The van der Waals surface area contributed by atoms with Crippen molar-refractivity contribution in [2.45, 2.75) is 45.3 Å². The van der Waals surface area contributed by atoms with E-state index in [-0.39, 0.29) is 5.60 Å². The second-order valence-corrected chi connectivity index (χ2v) is 9.63. The van der Waals surface area contributed by atoms with Crippen LogP contribution >= 0.6 is 11.3 Å². The molecule has 2 aromatic rings. The molecule has 152 valence electrons. The first kappa shape index (κ1) is 19.6. The molecule has 0 unspecified atom stereocenters. The van der Waals surface area contributed by atoms with Gasteiger partial charge in [0.2, 0.25) is 5.91 Å². The van der Waals surface area contributed by atoms with Crippen LogP contribution in [0.3, 0.4) is 0 Å². The smallest absolute Gasteiger partial charge is 0.222 e. The molecule has 2 aliphatic heterocycles. The summed E-state index contributed by atoms with van der Waals surface area (Å²) in [5.74, 6) is 0.713. The number of H-pyrrole nitrogens is 1. The van der Waals surface area contributed by atoms with Gasteiger partial charge >= 0.3 is 0 Å². The van der Waals surface area contributed by atoms with Crippen molar-refractivity contribution in [3.63, 3.8) is 0 Å². The molecule has 0 bridgehead atoms. The van der Waals surface area contributed by atoms with Gasteiger partial charge in [0.1, 0.15) is 0 Å². The molecule has 7 heteroatoms. The minimum Gasteiger partial charge on any atom is -0.372 e. The minimum atomic E-state index is -0.0870. The van der Waals surface area contributed by atoms with Crippen LogP contribution in [-0.2, 0) is 16.1 Å². The van der Waals surface area contributed by atoms with E-state index in [4.69, 9.17) is 4.74 Å². The van der Waals surface area contributed by atoms with Crippen LogP contribution in [0.4, 0.5) is 0 Å². The molecule has 2 saturated heterocycles. The Morgan fingerprint density at radius 1 is 1.29 bits per heavy atom. The molecule has 0 radical (unpaired) electrons. The average molecular weight is 403 g/mol. The van der Waals surface area contributed by atoms with Gasteiger partial charge in [-0.2, -0.15) is 5.10 Å². The van der Waals surface area contributed by atoms with Crippen molar-refractivity contribution in [2.24, 2.45) is 5.92 Å². The van der Waals surface area contributed by atoms with Crippen LogP contribution in [0.1, 0.15) is 38.0 Å². The van der Waals surface area contributed by atoms with E-state index in [1.54, 1.807) is 6.20 Å². The lowest BCUT2D eigenvalue weighted by atomic mass is 9.89. The first-order chi connectivity index (χ1) is 13.5. The number of ether oxygens (including phenoxy) is 1. The van der Waals surface area contributed by atoms with Crippen molar-refractivity contribution in [1.82, 2.24) is 20.0 Å². The SMILES string of the molecule is CC(C)CC(=O)N1CCC2(CC1)CN(Cc1ccc(-c3ccn[nH]3)s1)CCO2. The summed E-state index contributed by atoms with van der Waals surface area (Å²) in [6.45, 7) is 9.51. The van der Waals surface area contributed by atoms with Crippen molar-refractivity contribution in [3.05, 3.63) is 29.3 Å². The number of likely N-dealkylation sites (tertiary alicyclic amines) is 1. The zero-order chi connectivity index (χ0) is 19.6. The number of rotatable bonds is 5. The Morgan fingerprint density at radius 2 is 2.11 bits per heavy atom. The molecule has 0 aliphatic carbocycles. The number of carbonyl (C=O) groups excluding carboxylic acids is 1. The normalized spacial score (nSPS) is 20.2. The highest BCUT2D eigenvalue weighted by Crippen LogP contribution is 2.33. The van der Waals surface area contributed by atoms with Gasteiger partial charge in [-0.25, -0.2) is 0 Å². The molecule has 6 nitrogen and oxygen atoms in total. The minimum absolute atomic E-state index is 0.0870. The van der Waals surface area contributed by atoms with Crippen molar-refractivity contribution in [2.75, 3.05) is 32.8 Å². The molecule has 0 aromatic carbocycles. The van der Waals surface area contributed by atoms with E-state index in [0.29, 0.717) is 18.2 Å². The van der Waals surface area contributed by atoms with Crippen LogP contribution < -0.4 is 0 Å². The molecule has 4 heterocycles. The molecule has 1 spiro atoms. The Bertz CT molecular complexity index is 778. The first-order valence-electron chi connectivity index (χ1n) is 10.3. The number of thiophene rings is 1. The number of hydrogen-bond acceptors (Lipinski definition) is 5. The molecule has 0 atom stereocenters. The van der Waals surface area contributed by atoms with E-state index in [9.17, 15) is 4.79 Å². The molecule has 1 amide bonds. The maximum Gasteiger partial charge on any atom is 0.222 e. The van der Waals surface area contributed by atoms with Crippen LogP contribution in [0.5, 0.6) is 0 Å². The third-order valence-corrected chi connectivity index (χ3v) is 6.85. The fraction of sp³-hybridized carbons (Fsp3) is 0.619. The van der Waals surface area contributed by atoms with Crippen LogP contribution in [0, 0.1) is 5.92 Å². The summed E-state index contributed by atoms with van der Waals surface area (Å²) in [7, 11) is 0. The van der Waals surface area contributed by atoms with E-state index >= 15 is 0 Å². The van der Waals surface area contributed by atoms with Crippen LogP contribution in [0.2, 0.25) is 0 Å². The summed E-state index contributed by atoms with van der Waals surface area (Å²) in [5, 5.41) is 7.08. The molecule has 2 aromatic heterocycles. The third kappa shape index (κ3) is 4.47. The average Bonchev–Trinajstić information content (AvgIpc) is 3.33. The molecule has 2 fully saturated rings. The van der Waals surface area contributed by atoms with E-state index in [1.807, 2.05) is 22.3 Å². The summed E-state index contributed by atoms with van der Waals surface area (Å²) in [6, 6.07) is 6.40. The number of aromatic nitrogens is 2. The number of nitrogens with one attached hydrogen (secondary N) is 1. The largest absolute Gasteiger partial charge is 0.372 e. The van der Waals surface area contributed by atoms with Crippen LogP contribution in [0.15, 0.2) is 24.4 Å². The summed E-state index contributed by atoms with van der Waals surface area (Å²) >= 11 is 1.82. The zero-order valence-corrected chi connectivity index (χ0v) is 17.6. The fourth-order valence-corrected chi connectivity index (χ4v) is 5.25. The number of morpholine rings is 1. The van der Waals surface area contributed by atoms with Gasteiger partial charge < -0.3 is 9.64 Å². The van der Waals surface area contributed by atoms with Crippen molar-refractivity contribution >= 4 is 17.2 Å². The number of piperidine rings is 1. The Hall–Kier alpha value is -1.70. The maximum atomic E-state index is 12.4. The number of aromatic amines is 1. The highest BCUT2D eigenvalue weighted by Gasteiger charge is 2.40. The lowest BCUT2D eigenvalue weighted by Crippen LogP contribution is -2.57. The van der Waals surface area contributed by atoms with E-state index < -0.39 is 0 Å². The Labute approximate surface area is 170 Å². The highest BCUT2D eigenvalue weighted by molar-refractivity contribution is 7.15. The first-order valence-corrected chi connectivity index (χ1v) is 11.1. The van der Waals surface area contributed by atoms with Gasteiger partial charge in [0.25, 0.3) is 0 Å². The molecule has 2 aliphatic rings. The Balaban J connectivity index is 1.33. The fourth-order valence-electron chi connectivity index (χ4n) is 4.22. The summed E-state index contributed by atoms with van der Waals surface area (Å²) in [6.07, 6.45) is 4.32. The summed E-state index contributed by atoms with van der Waals surface area (Å²) < 4.78 is 6.26. The number of carbonyl (C=O) groups is 1. The van der Waals surface area contributed by atoms with Crippen LogP contribution in [0.25, 0.3) is 10.6 Å². The highest BCUT2D eigenvalue weighted by atomic mass is 32.1. The Morgan fingerprint density at radius 3 is 2.82 bits per heavy atom. The quantitative estimate of drug-likeness (QED) is 0.833. The van der Waals surface area contributed by atoms with Gasteiger partial charge in [0.15, 0.2) is 0 Å². The second-order valence-electron chi connectivity index (χ2n) is 8.46. The zero-order valence-electron chi connectivity index (χ0n) is 16.8. The van der Waals surface area contributed by atoms with Crippen LogP contribution in [-0.4, -0.2) is 64.3 Å². The lowest BCUT2D eigenvalue weighted by Gasteiger charge is -2.47. The van der Waals surface area contributed by atoms with Gasteiger partial charge in [-0.1, -0.05) is 13.8 Å². The lowest BCUT2D eigenvalue weighted by molar-refractivity contribution is -0.151. The van der Waals surface area contributed by atoms with Gasteiger partial charge in [-0.05, 0) is 37.0 Å². The molecule has 1 N–H and O–H groups in total. The third-order valence-electron chi connectivity index (χ3n) is 5.75. The summed E-state index contributed by atoms with van der Waals surface area (Å²) in [5.41, 5.74) is 0.990. The molecular formula is C21H30N4O2S. The molecule has 28 heavy (non-hydrogen) atoms. The van der Waals surface area contributed by atoms with Crippen molar-refractivity contribution in [3.8, 4) is 10.6 Å². The topological polar surface area (TPSA) is 61.5 Å². The van der Waals surface area contributed by atoms with Gasteiger partial charge in [-0.3, -0.25) is 14.8 Å². The number of hydrogen-bond donors (Lipinski definition) is 1. The van der Waals surface area contributed by atoms with Gasteiger partial charge in [-0.15, -0.1) is 11.3 Å². The molecule has 0 saturated carbocycles. The van der Waals surface area contributed by atoms with Gasteiger partial charge in [0.05, 0.1) is 22.8 Å². The van der Waals surface area contributed by atoms with Crippen molar-refractivity contribution in [1.29, 1.82) is 0 Å². The standard InChI is InChI=1S/C21H30N4O2S/c1-16(2)13-20(26)25-9-6-21(7-10-25)15-24(11-12-27-21)14-17-3-4-19(28-17)18-5-8-22-23-18/h3-5,8,16H,6-7,9-15H2,1-2H3,(H,22,23). The molecular weight excluding hydrogens is 372 g/mol. The monoisotopic (exact) mass is 402 g/mol. The molecule has 4 rings (SSSR count). The predicted octanol–water partition coefficient (Wildman–Crippen LogP) is 3.38. The van der Waals surface area contributed by atoms with E-state index in [1.165, 1.54) is 9.75 Å². The van der Waals surface area contributed by atoms with Crippen molar-refractivity contribution < 1.29 is 9.53 Å². The number of amides is 1. The number of nitrogens with zero attached hydrogens (tertiary/aromatic N) is 3. The maximum absolute atomic E-state index is 12.4. The summed E-state index contributed by atoms with van der Waals surface area (Å²) in [4.78, 5) is 19.5. The van der Waals surface area contributed by atoms with E-state index in [2.05, 4.69) is 41.1 Å². The van der Waals surface area contributed by atoms with E-state index in [0.717, 1.165) is 57.9 Å². The van der Waals surface area contributed by atoms with Gasteiger partial charge in [0, 0.05) is 50.2 Å². The second kappa shape index (κ2) is 8.35. The Kier molecular flexibility index (Phi) is 5.85. The predicted molar refractivity (Wildman–Crippen MR) is 111 cm³/mol.